The topological polar surface area (TPSA) is 58.6 Å². The molecular weight excluding hydrogens is 256 g/mol. The standard InChI is InChI=1S/C15H18N2O3/c18-14(11-4-5-11)16-13-3-1-2-12(10-13)15(19)17-6-8-20-9-7-17/h1-3,10-11H,4-9H2,(H,16,18). The van der Waals surface area contributed by atoms with Gasteiger partial charge in [-0.15, -0.1) is 0 Å². The Morgan fingerprint density at radius 2 is 1.95 bits per heavy atom. The third-order valence-electron chi connectivity index (χ3n) is 3.62. The van der Waals surface area contributed by atoms with Gasteiger partial charge < -0.3 is 15.0 Å². The second kappa shape index (κ2) is 5.63. The molecule has 0 unspecified atom stereocenters. The molecule has 3 rings (SSSR count). The maximum absolute atomic E-state index is 12.3. The molecule has 1 aromatic carbocycles. The summed E-state index contributed by atoms with van der Waals surface area (Å²) in [6.07, 6.45) is 1.94. The van der Waals surface area contributed by atoms with Crippen molar-refractivity contribution in [2.75, 3.05) is 31.6 Å². The van der Waals surface area contributed by atoms with E-state index in [0.29, 0.717) is 37.6 Å². The van der Waals surface area contributed by atoms with Crippen LogP contribution >= 0.6 is 0 Å². The monoisotopic (exact) mass is 274 g/mol. The fraction of sp³-hybridized carbons (Fsp3) is 0.467. The van der Waals surface area contributed by atoms with E-state index in [9.17, 15) is 9.59 Å². The summed E-state index contributed by atoms with van der Waals surface area (Å²) in [5, 5.41) is 2.87. The minimum absolute atomic E-state index is 0.00387. The molecule has 1 N–H and O–H groups in total. The van der Waals surface area contributed by atoms with Crippen molar-refractivity contribution in [3.63, 3.8) is 0 Å². The number of benzene rings is 1. The van der Waals surface area contributed by atoms with E-state index in [1.807, 2.05) is 6.07 Å². The summed E-state index contributed by atoms with van der Waals surface area (Å²) in [7, 11) is 0. The molecule has 2 fully saturated rings. The summed E-state index contributed by atoms with van der Waals surface area (Å²) in [6, 6.07) is 7.15. The largest absolute Gasteiger partial charge is 0.378 e. The van der Waals surface area contributed by atoms with Crippen molar-refractivity contribution in [2.45, 2.75) is 12.8 Å². The van der Waals surface area contributed by atoms with Crippen LogP contribution in [0.5, 0.6) is 0 Å². The summed E-state index contributed by atoms with van der Waals surface area (Å²) < 4.78 is 5.24. The van der Waals surface area contributed by atoms with Gasteiger partial charge in [-0.05, 0) is 31.0 Å². The van der Waals surface area contributed by atoms with E-state index in [2.05, 4.69) is 5.32 Å². The molecule has 2 amide bonds. The molecule has 0 radical (unpaired) electrons. The Morgan fingerprint density at radius 1 is 1.20 bits per heavy atom. The molecule has 106 valence electrons. The zero-order valence-corrected chi connectivity index (χ0v) is 11.3. The molecule has 1 aliphatic carbocycles. The van der Waals surface area contributed by atoms with Gasteiger partial charge >= 0.3 is 0 Å². The van der Waals surface area contributed by atoms with Gasteiger partial charge in [0.25, 0.3) is 5.91 Å². The van der Waals surface area contributed by atoms with E-state index >= 15 is 0 Å². The number of nitrogens with zero attached hydrogens (tertiary/aromatic N) is 1. The van der Waals surface area contributed by atoms with Gasteiger partial charge in [0.05, 0.1) is 13.2 Å². The minimum Gasteiger partial charge on any atom is -0.378 e. The fourth-order valence-electron chi connectivity index (χ4n) is 2.27. The third-order valence-corrected chi connectivity index (χ3v) is 3.62. The van der Waals surface area contributed by atoms with Crippen molar-refractivity contribution < 1.29 is 14.3 Å². The molecule has 1 aromatic rings. The lowest BCUT2D eigenvalue weighted by molar-refractivity contribution is -0.117. The molecule has 2 aliphatic rings. The first-order valence-electron chi connectivity index (χ1n) is 7.02. The summed E-state index contributed by atoms with van der Waals surface area (Å²) in [4.78, 5) is 25.9. The van der Waals surface area contributed by atoms with E-state index in [0.717, 1.165) is 12.8 Å². The number of nitrogens with one attached hydrogen (secondary N) is 1. The van der Waals surface area contributed by atoms with Gasteiger partial charge in [-0.25, -0.2) is 0 Å². The maximum Gasteiger partial charge on any atom is 0.254 e. The summed E-state index contributed by atoms with van der Waals surface area (Å²) in [5.41, 5.74) is 1.31. The second-order valence-corrected chi connectivity index (χ2v) is 5.25. The van der Waals surface area contributed by atoms with Crippen LogP contribution < -0.4 is 5.32 Å². The van der Waals surface area contributed by atoms with E-state index in [1.54, 1.807) is 23.1 Å². The Kier molecular flexibility index (Phi) is 3.69. The fourth-order valence-corrected chi connectivity index (χ4v) is 2.27. The number of rotatable bonds is 3. The molecular formula is C15H18N2O3. The van der Waals surface area contributed by atoms with Gasteiger partial charge in [-0.2, -0.15) is 0 Å². The van der Waals surface area contributed by atoms with E-state index < -0.39 is 0 Å². The van der Waals surface area contributed by atoms with Crippen molar-refractivity contribution in [2.24, 2.45) is 5.92 Å². The number of hydrogen-bond donors (Lipinski definition) is 1. The first kappa shape index (κ1) is 13.1. The van der Waals surface area contributed by atoms with Crippen molar-refractivity contribution >= 4 is 17.5 Å². The van der Waals surface area contributed by atoms with Crippen LogP contribution in [-0.4, -0.2) is 43.0 Å². The first-order valence-corrected chi connectivity index (χ1v) is 7.02. The molecule has 5 heteroatoms. The van der Waals surface area contributed by atoms with Gasteiger partial charge in [-0.1, -0.05) is 6.07 Å². The highest BCUT2D eigenvalue weighted by Gasteiger charge is 2.29. The molecule has 20 heavy (non-hydrogen) atoms. The van der Waals surface area contributed by atoms with E-state index in [4.69, 9.17) is 4.74 Å². The zero-order chi connectivity index (χ0) is 13.9. The Morgan fingerprint density at radius 3 is 2.65 bits per heavy atom. The molecule has 0 aromatic heterocycles. The number of carbonyl (C=O) groups excluding carboxylic acids is 2. The van der Waals surface area contributed by atoms with Crippen LogP contribution in [0.2, 0.25) is 0 Å². The van der Waals surface area contributed by atoms with Crippen LogP contribution in [-0.2, 0) is 9.53 Å². The molecule has 5 nitrogen and oxygen atoms in total. The highest BCUT2D eigenvalue weighted by Crippen LogP contribution is 2.30. The summed E-state index contributed by atoms with van der Waals surface area (Å²) in [6.45, 7) is 2.42. The van der Waals surface area contributed by atoms with E-state index in [-0.39, 0.29) is 17.7 Å². The average Bonchev–Trinajstić information content (AvgIpc) is 3.32. The highest BCUT2D eigenvalue weighted by molar-refractivity contribution is 5.98. The van der Waals surface area contributed by atoms with Crippen molar-refractivity contribution in [3.8, 4) is 0 Å². The SMILES string of the molecule is O=C(Nc1cccc(C(=O)N2CCOCC2)c1)C1CC1. The first-order chi connectivity index (χ1) is 9.74. The lowest BCUT2D eigenvalue weighted by Gasteiger charge is -2.27. The molecule has 0 atom stereocenters. The van der Waals surface area contributed by atoms with Gasteiger partial charge in [0.2, 0.25) is 5.91 Å². The van der Waals surface area contributed by atoms with Crippen LogP contribution in [0, 0.1) is 5.92 Å². The van der Waals surface area contributed by atoms with Gasteiger partial charge in [0.1, 0.15) is 0 Å². The second-order valence-electron chi connectivity index (χ2n) is 5.25. The summed E-state index contributed by atoms with van der Waals surface area (Å²) >= 11 is 0. The minimum atomic E-state index is -0.00387. The molecule has 1 saturated heterocycles. The van der Waals surface area contributed by atoms with Crippen LogP contribution in [0.3, 0.4) is 0 Å². The number of morpholine rings is 1. The molecule has 1 heterocycles. The Balaban J connectivity index is 1.69. The molecule has 1 aliphatic heterocycles. The van der Waals surface area contributed by atoms with E-state index in [1.165, 1.54) is 0 Å². The predicted octanol–water partition coefficient (Wildman–Crippen LogP) is 1.51. The van der Waals surface area contributed by atoms with Crippen LogP contribution in [0.1, 0.15) is 23.2 Å². The Bertz CT molecular complexity index is 520. The normalized spacial score (nSPS) is 18.7. The van der Waals surface area contributed by atoms with Gasteiger partial charge in [0.15, 0.2) is 0 Å². The van der Waals surface area contributed by atoms with Crippen LogP contribution in [0.25, 0.3) is 0 Å². The molecule has 0 bridgehead atoms. The molecule has 1 saturated carbocycles. The number of hydrogen-bond acceptors (Lipinski definition) is 3. The number of ether oxygens (including phenoxy) is 1. The van der Waals surface area contributed by atoms with Gasteiger partial charge in [0, 0.05) is 30.3 Å². The zero-order valence-electron chi connectivity index (χ0n) is 11.3. The van der Waals surface area contributed by atoms with Crippen molar-refractivity contribution in [1.29, 1.82) is 0 Å². The lowest BCUT2D eigenvalue weighted by atomic mass is 10.1. The Hall–Kier alpha value is -1.88. The number of carbonyl (C=O) groups is 2. The average molecular weight is 274 g/mol. The molecule has 0 spiro atoms. The predicted molar refractivity (Wildman–Crippen MR) is 74.5 cm³/mol. The quantitative estimate of drug-likeness (QED) is 0.909. The lowest BCUT2D eigenvalue weighted by Crippen LogP contribution is -2.40. The van der Waals surface area contributed by atoms with Crippen LogP contribution in [0.4, 0.5) is 5.69 Å². The number of anilines is 1. The van der Waals surface area contributed by atoms with Crippen molar-refractivity contribution in [3.05, 3.63) is 29.8 Å². The highest BCUT2D eigenvalue weighted by atomic mass is 16.5. The number of amides is 2. The smallest absolute Gasteiger partial charge is 0.254 e. The third kappa shape index (κ3) is 2.99. The van der Waals surface area contributed by atoms with Crippen molar-refractivity contribution in [1.82, 2.24) is 4.90 Å². The van der Waals surface area contributed by atoms with Crippen LogP contribution in [0.15, 0.2) is 24.3 Å². The maximum atomic E-state index is 12.3. The Labute approximate surface area is 117 Å². The van der Waals surface area contributed by atoms with Gasteiger partial charge in [-0.3, -0.25) is 9.59 Å². The summed E-state index contributed by atoms with van der Waals surface area (Å²) in [5.74, 6) is 0.213.